The normalized spacial score (nSPS) is 23.1. The maximum atomic E-state index is 13.8. The fraction of sp³-hybridized carbons (Fsp3) is 0.500. The third-order valence-corrected chi connectivity index (χ3v) is 10.3. The lowest BCUT2D eigenvalue weighted by Crippen LogP contribution is -2.68. The molecule has 2 aliphatic heterocycles. The van der Waals surface area contributed by atoms with E-state index >= 15 is 0 Å². The molecule has 0 N–H and O–H groups in total. The zero-order valence-electron chi connectivity index (χ0n) is 23.2. The fourth-order valence-corrected chi connectivity index (χ4v) is 7.96. The molecule has 0 aliphatic carbocycles. The predicted octanol–water partition coefficient (Wildman–Crippen LogP) is 5.02. The van der Waals surface area contributed by atoms with Crippen molar-refractivity contribution in [3.05, 3.63) is 71.4 Å². The van der Waals surface area contributed by atoms with Gasteiger partial charge in [-0.05, 0) is 81.0 Å². The number of rotatable bonds is 7. The minimum Gasteiger partial charge on any atom is -0.383 e. The van der Waals surface area contributed by atoms with E-state index in [0.717, 1.165) is 19.4 Å². The molecular weight excluding hydrogens is 496 g/mol. The molecule has 2 aromatic carbocycles. The first kappa shape index (κ1) is 27.1. The van der Waals surface area contributed by atoms with Crippen molar-refractivity contribution in [2.24, 2.45) is 0 Å². The van der Waals surface area contributed by atoms with Crippen LogP contribution in [0.25, 0.3) is 11.1 Å². The van der Waals surface area contributed by atoms with E-state index in [1.165, 1.54) is 27.8 Å². The Balaban J connectivity index is 1.45. The molecule has 1 aromatic heterocycles. The number of sulfonamides is 1. The summed E-state index contributed by atoms with van der Waals surface area (Å²) in [7, 11) is -1.92. The van der Waals surface area contributed by atoms with Gasteiger partial charge in [0.15, 0.2) is 5.03 Å². The fourth-order valence-electron chi connectivity index (χ4n) is 6.25. The number of methoxy groups -OCH3 is 1. The molecule has 8 heteroatoms. The average molecular weight is 537 g/mol. The van der Waals surface area contributed by atoms with Crippen LogP contribution >= 0.6 is 0 Å². The maximum absolute atomic E-state index is 13.8. The number of benzene rings is 2. The lowest BCUT2D eigenvalue weighted by Gasteiger charge is -2.57. The molecule has 3 atom stereocenters. The Morgan fingerprint density at radius 2 is 1.76 bits per heavy atom. The van der Waals surface area contributed by atoms with Crippen molar-refractivity contribution < 1.29 is 13.2 Å². The van der Waals surface area contributed by atoms with E-state index in [4.69, 9.17) is 4.74 Å². The molecule has 0 spiro atoms. The monoisotopic (exact) mass is 536 g/mol. The van der Waals surface area contributed by atoms with Gasteiger partial charge in [0.1, 0.15) is 0 Å². The number of hydrogen-bond acceptors (Lipinski definition) is 5. The minimum absolute atomic E-state index is 0.0286. The highest BCUT2D eigenvalue weighted by Crippen LogP contribution is 2.43. The lowest BCUT2D eigenvalue weighted by atomic mass is 9.74. The maximum Gasteiger partial charge on any atom is 0.260 e. The van der Waals surface area contributed by atoms with Crippen molar-refractivity contribution in [3.63, 3.8) is 0 Å². The van der Waals surface area contributed by atoms with Gasteiger partial charge in [0, 0.05) is 44.2 Å². The molecule has 0 radical (unpaired) electrons. The zero-order valence-corrected chi connectivity index (χ0v) is 24.0. The van der Waals surface area contributed by atoms with E-state index in [9.17, 15) is 8.42 Å². The highest BCUT2D eigenvalue weighted by molar-refractivity contribution is 7.89. The first-order valence-electron chi connectivity index (χ1n) is 13.7. The van der Waals surface area contributed by atoms with E-state index in [1.807, 2.05) is 13.8 Å². The summed E-state index contributed by atoms with van der Waals surface area (Å²) in [6.07, 6.45) is 3.39. The number of fused-ring (bicyclic) bond motifs is 1. The molecule has 2 aliphatic rings. The molecule has 38 heavy (non-hydrogen) atoms. The summed E-state index contributed by atoms with van der Waals surface area (Å²) in [5.74, 6) is 0.202. The van der Waals surface area contributed by atoms with Crippen molar-refractivity contribution >= 4 is 10.0 Å². The second kappa shape index (κ2) is 10.9. The Hall–Kier alpha value is -2.52. The van der Waals surface area contributed by atoms with Gasteiger partial charge in [0.25, 0.3) is 10.0 Å². The van der Waals surface area contributed by atoms with Gasteiger partial charge < -0.3 is 4.74 Å². The molecule has 0 bridgehead atoms. The van der Waals surface area contributed by atoms with Gasteiger partial charge in [-0.15, -0.1) is 0 Å². The Kier molecular flexibility index (Phi) is 7.78. The van der Waals surface area contributed by atoms with Gasteiger partial charge in [0.2, 0.25) is 0 Å². The van der Waals surface area contributed by atoms with Crippen molar-refractivity contribution in [3.8, 4) is 11.1 Å². The first-order chi connectivity index (χ1) is 18.2. The minimum atomic E-state index is -3.67. The van der Waals surface area contributed by atoms with Gasteiger partial charge in [-0.25, -0.2) is 8.42 Å². The van der Waals surface area contributed by atoms with E-state index in [0.29, 0.717) is 19.7 Å². The van der Waals surface area contributed by atoms with Crippen LogP contribution in [0.2, 0.25) is 0 Å². The van der Waals surface area contributed by atoms with Crippen molar-refractivity contribution in [1.29, 1.82) is 0 Å². The van der Waals surface area contributed by atoms with Crippen LogP contribution in [0.4, 0.5) is 0 Å². The number of nitrogens with zero attached hydrogens (tertiary/aromatic N) is 4. The summed E-state index contributed by atoms with van der Waals surface area (Å²) >= 11 is 0. The molecule has 3 heterocycles. The van der Waals surface area contributed by atoms with Gasteiger partial charge >= 0.3 is 0 Å². The quantitative estimate of drug-likeness (QED) is 0.424. The van der Waals surface area contributed by atoms with E-state index < -0.39 is 10.0 Å². The predicted molar refractivity (Wildman–Crippen MR) is 151 cm³/mol. The van der Waals surface area contributed by atoms with Gasteiger partial charge in [-0.2, -0.15) is 9.40 Å². The van der Waals surface area contributed by atoms with Crippen LogP contribution in [0.1, 0.15) is 55.3 Å². The first-order valence-corrected chi connectivity index (χ1v) is 15.1. The molecule has 2 saturated heterocycles. The Bertz CT molecular complexity index is 1370. The van der Waals surface area contributed by atoms with Crippen LogP contribution in [0.3, 0.4) is 0 Å². The van der Waals surface area contributed by atoms with Gasteiger partial charge in [-0.3, -0.25) is 9.58 Å². The van der Waals surface area contributed by atoms with Crippen LogP contribution < -0.4 is 0 Å². The van der Waals surface area contributed by atoms with Crippen LogP contribution in [0.5, 0.6) is 0 Å². The number of hydrogen-bond donors (Lipinski definition) is 0. The molecule has 0 amide bonds. The van der Waals surface area contributed by atoms with E-state index in [1.54, 1.807) is 28.4 Å². The zero-order chi connectivity index (χ0) is 27.0. The summed E-state index contributed by atoms with van der Waals surface area (Å²) < 4.78 is 36.7. The molecule has 204 valence electrons. The summed E-state index contributed by atoms with van der Waals surface area (Å²) in [5.41, 5.74) is 6.29. The highest BCUT2D eigenvalue weighted by Gasteiger charge is 2.50. The summed E-state index contributed by atoms with van der Waals surface area (Å²) in [6.45, 7) is 10.8. The molecule has 7 nitrogen and oxygen atoms in total. The smallest absolute Gasteiger partial charge is 0.260 e. The average Bonchev–Trinajstić information content (AvgIpc) is 3.39. The van der Waals surface area contributed by atoms with Crippen molar-refractivity contribution in [1.82, 2.24) is 19.0 Å². The Morgan fingerprint density at radius 3 is 2.47 bits per heavy atom. The second-order valence-corrected chi connectivity index (χ2v) is 12.9. The third-order valence-electron chi connectivity index (χ3n) is 8.42. The molecule has 2 fully saturated rings. The lowest BCUT2D eigenvalue weighted by molar-refractivity contribution is -0.0635. The van der Waals surface area contributed by atoms with E-state index in [2.05, 4.69) is 66.3 Å². The van der Waals surface area contributed by atoms with Crippen LogP contribution in [0, 0.1) is 13.8 Å². The second-order valence-electron chi connectivity index (χ2n) is 11.0. The largest absolute Gasteiger partial charge is 0.383 e. The molecule has 3 aromatic rings. The third kappa shape index (κ3) is 4.83. The van der Waals surface area contributed by atoms with Crippen LogP contribution in [-0.4, -0.2) is 72.8 Å². The Morgan fingerprint density at radius 1 is 1.03 bits per heavy atom. The summed E-state index contributed by atoms with van der Waals surface area (Å²) in [6, 6.07) is 17.3. The summed E-state index contributed by atoms with van der Waals surface area (Å²) in [5, 5.41) is 4.57. The molecule has 0 unspecified atom stereocenters. The number of aromatic nitrogens is 2. The van der Waals surface area contributed by atoms with Crippen molar-refractivity contribution in [2.45, 2.75) is 69.6 Å². The molecular formula is C30H40N4O3S. The van der Waals surface area contributed by atoms with Crippen molar-refractivity contribution in [2.75, 3.05) is 33.4 Å². The van der Waals surface area contributed by atoms with Gasteiger partial charge in [-0.1, -0.05) is 42.5 Å². The van der Waals surface area contributed by atoms with E-state index in [-0.39, 0.29) is 29.1 Å². The highest BCUT2D eigenvalue weighted by atomic mass is 32.2. The Labute approximate surface area is 227 Å². The number of ether oxygens (including phenoxy) is 1. The summed E-state index contributed by atoms with van der Waals surface area (Å²) in [4.78, 5) is 2.47. The SMILES string of the molecule is COC[C@@H]1[C@@H](c2ccc(-c3cccc(C)c3C)cc2)[C@@H]2CN(S(=O)(=O)c3ccnn3C(C)C)CCCCN12. The molecule has 5 rings (SSSR count). The number of aryl methyl sites for hydroxylation is 1. The van der Waals surface area contributed by atoms with Gasteiger partial charge in [0.05, 0.1) is 12.8 Å². The topological polar surface area (TPSA) is 67.7 Å². The van der Waals surface area contributed by atoms with Crippen LogP contribution in [0.15, 0.2) is 59.8 Å². The van der Waals surface area contributed by atoms with Crippen LogP contribution in [-0.2, 0) is 14.8 Å². The standard InChI is InChI=1S/C30H40N4O3S/c1-21(2)34-29(15-16-31-34)38(35,36)32-17-6-7-18-33-27(19-32)30(28(33)20-37-5)25-13-11-24(12-14-25)26-10-8-9-22(3)23(26)4/h8-16,21,27-28,30H,6-7,17-20H2,1-5H3/t27-,28+,30-/m0/s1. The molecule has 0 saturated carbocycles.